The third-order valence-electron chi connectivity index (χ3n) is 2.63. The van der Waals surface area contributed by atoms with Gasteiger partial charge in [-0.1, -0.05) is 46.4 Å². The summed E-state index contributed by atoms with van der Waals surface area (Å²) in [5.74, 6) is -0.225. The zero-order chi connectivity index (χ0) is 15.6. The van der Waals surface area contributed by atoms with E-state index < -0.39 is 5.91 Å². The molecule has 7 heteroatoms. The Labute approximate surface area is 141 Å². The third-order valence-corrected chi connectivity index (χ3v) is 3.70. The Kier molecular flexibility index (Phi) is 5.22. The summed E-state index contributed by atoms with van der Waals surface area (Å²) < 4.78 is 5.13. The van der Waals surface area contributed by atoms with Crippen molar-refractivity contribution in [3.05, 3.63) is 56.0 Å². The number of anilines is 1. The Balaban J connectivity index is 2.39. The van der Waals surface area contributed by atoms with Crippen LogP contribution in [0.5, 0.6) is 5.75 Å². The first-order valence-electron chi connectivity index (χ1n) is 5.72. The second-order valence-electron chi connectivity index (χ2n) is 4.05. The Bertz CT molecular complexity index is 704. The molecule has 0 aromatic heterocycles. The number of hydrogen-bond donors (Lipinski definition) is 1. The number of amides is 1. The van der Waals surface area contributed by atoms with Gasteiger partial charge in [0.25, 0.3) is 5.91 Å². The van der Waals surface area contributed by atoms with Crippen molar-refractivity contribution in [1.82, 2.24) is 0 Å². The van der Waals surface area contributed by atoms with Crippen LogP contribution in [0.15, 0.2) is 30.3 Å². The molecule has 1 amide bonds. The maximum atomic E-state index is 12.4. The Morgan fingerprint density at radius 3 is 2.38 bits per heavy atom. The van der Waals surface area contributed by atoms with Crippen LogP contribution in [0.3, 0.4) is 0 Å². The summed E-state index contributed by atoms with van der Waals surface area (Å²) in [4.78, 5) is 12.4. The molecule has 3 nitrogen and oxygen atoms in total. The van der Waals surface area contributed by atoms with Gasteiger partial charge < -0.3 is 10.1 Å². The summed E-state index contributed by atoms with van der Waals surface area (Å²) in [6.07, 6.45) is 0. The molecule has 21 heavy (non-hydrogen) atoms. The SMILES string of the molecule is COc1c(Cl)cc(Cl)cc1C(=O)Nc1cc(Cl)ccc1Cl. The smallest absolute Gasteiger partial charge is 0.259 e. The van der Waals surface area contributed by atoms with Crippen LogP contribution in [0.1, 0.15) is 10.4 Å². The fourth-order valence-corrected chi connectivity index (χ4v) is 2.63. The Morgan fingerprint density at radius 1 is 1.00 bits per heavy atom. The molecule has 0 radical (unpaired) electrons. The Hall–Kier alpha value is -1.13. The zero-order valence-electron chi connectivity index (χ0n) is 10.7. The van der Waals surface area contributed by atoms with Crippen molar-refractivity contribution in [3.8, 4) is 5.75 Å². The maximum absolute atomic E-state index is 12.4. The van der Waals surface area contributed by atoms with Gasteiger partial charge in [-0.3, -0.25) is 4.79 Å². The number of carbonyl (C=O) groups excluding carboxylic acids is 1. The van der Waals surface area contributed by atoms with Crippen LogP contribution in [0.25, 0.3) is 0 Å². The minimum absolute atomic E-state index is 0.200. The molecule has 0 aliphatic heterocycles. The van der Waals surface area contributed by atoms with Gasteiger partial charge in [-0.15, -0.1) is 0 Å². The van der Waals surface area contributed by atoms with Gasteiger partial charge in [0.15, 0.2) is 0 Å². The van der Waals surface area contributed by atoms with E-state index in [1.54, 1.807) is 18.2 Å². The first kappa shape index (κ1) is 16.2. The van der Waals surface area contributed by atoms with E-state index in [4.69, 9.17) is 51.1 Å². The molecule has 0 spiro atoms. The number of benzene rings is 2. The zero-order valence-corrected chi connectivity index (χ0v) is 13.7. The molecule has 0 saturated heterocycles. The second-order valence-corrected chi connectivity index (χ2v) is 5.73. The molecule has 110 valence electrons. The van der Waals surface area contributed by atoms with Gasteiger partial charge in [0.2, 0.25) is 0 Å². The van der Waals surface area contributed by atoms with Gasteiger partial charge in [0.1, 0.15) is 5.75 Å². The van der Waals surface area contributed by atoms with Gasteiger partial charge in [0.05, 0.1) is 28.4 Å². The standard InChI is InChI=1S/C14H9Cl4NO2/c1-21-13-9(4-8(16)5-11(13)18)14(20)19-12-6-7(15)2-3-10(12)17/h2-6H,1H3,(H,19,20). The summed E-state index contributed by atoms with van der Waals surface area (Å²) in [5, 5.41) is 4.02. The molecular formula is C14H9Cl4NO2. The summed E-state index contributed by atoms with van der Waals surface area (Å²) >= 11 is 23.8. The normalized spacial score (nSPS) is 10.3. The fourth-order valence-electron chi connectivity index (χ4n) is 1.72. The van der Waals surface area contributed by atoms with Crippen molar-refractivity contribution in [2.24, 2.45) is 0 Å². The van der Waals surface area contributed by atoms with E-state index in [9.17, 15) is 4.79 Å². The van der Waals surface area contributed by atoms with E-state index in [-0.39, 0.29) is 16.3 Å². The van der Waals surface area contributed by atoms with Crippen molar-refractivity contribution in [2.45, 2.75) is 0 Å². The summed E-state index contributed by atoms with van der Waals surface area (Å²) in [6, 6.07) is 7.70. The van der Waals surface area contributed by atoms with Gasteiger partial charge in [-0.05, 0) is 30.3 Å². The molecule has 1 N–H and O–H groups in total. The Morgan fingerprint density at radius 2 is 1.71 bits per heavy atom. The number of methoxy groups -OCH3 is 1. The molecule has 0 atom stereocenters. The topological polar surface area (TPSA) is 38.3 Å². The molecule has 0 aliphatic carbocycles. The predicted octanol–water partition coefficient (Wildman–Crippen LogP) is 5.56. The van der Waals surface area contributed by atoms with Crippen LogP contribution < -0.4 is 10.1 Å². The molecule has 0 heterocycles. The minimum Gasteiger partial charge on any atom is -0.494 e. The van der Waals surface area contributed by atoms with Crippen LogP contribution in [0.2, 0.25) is 20.1 Å². The van der Waals surface area contributed by atoms with E-state index in [1.807, 2.05) is 0 Å². The van der Waals surface area contributed by atoms with Crippen LogP contribution in [-0.4, -0.2) is 13.0 Å². The van der Waals surface area contributed by atoms with Gasteiger partial charge in [0, 0.05) is 10.0 Å². The third kappa shape index (κ3) is 3.74. The van der Waals surface area contributed by atoms with E-state index in [1.165, 1.54) is 19.2 Å². The molecule has 2 rings (SSSR count). The van der Waals surface area contributed by atoms with Crippen LogP contribution in [0.4, 0.5) is 5.69 Å². The largest absolute Gasteiger partial charge is 0.494 e. The van der Waals surface area contributed by atoms with E-state index >= 15 is 0 Å². The number of ether oxygens (including phenoxy) is 1. The highest BCUT2D eigenvalue weighted by molar-refractivity contribution is 6.37. The lowest BCUT2D eigenvalue weighted by Gasteiger charge is -2.12. The first-order chi connectivity index (χ1) is 9.92. The first-order valence-corrected chi connectivity index (χ1v) is 7.23. The molecule has 0 bridgehead atoms. The number of carbonyl (C=O) groups is 1. The molecule has 2 aromatic carbocycles. The summed E-state index contributed by atoms with van der Waals surface area (Å²) in [6.45, 7) is 0. The number of rotatable bonds is 3. The lowest BCUT2D eigenvalue weighted by molar-refractivity contribution is 0.102. The average molecular weight is 365 g/mol. The molecule has 0 saturated carbocycles. The van der Waals surface area contributed by atoms with Crippen molar-refractivity contribution < 1.29 is 9.53 Å². The molecule has 0 aliphatic rings. The summed E-state index contributed by atoms with van der Waals surface area (Å²) in [5.41, 5.74) is 0.582. The lowest BCUT2D eigenvalue weighted by atomic mass is 10.1. The average Bonchev–Trinajstić information content (AvgIpc) is 2.42. The number of nitrogens with one attached hydrogen (secondary N) is 1. The number of hydrogen-bond acceptors (Lipinski definition) is 2. The van der Waals surface area contributed by atoms with Crippen LogP contribution in [-0.2, 0) is 0 Å². The van der Waals surface area contributed by atoms with Crippen molar-refractivity contribution in [2.75, 3.05) is 12.4 Å². The molecule has 0 unspecified atom stereocenters. The monoisotopic (exact) mass is 363 g/mol. The van der Waals surface area contributed by atoms with Crippen molar-refractivity contribution in [3.63, 3.8) is 0 Å². The minimum atomic E-state index is -0.458. The van der Waals surface area contributed by atoms with Crippen molar-refractivity contribution >= 4 is 58.0 Å². The number of halogens is 4. The highest BCUT2D eigenvalue weighted by Crippen LogP contribution is 2.33. The van der Waals surface area contributed by atoms with E-state index in [0.717, 1.165) is 0 Å². The molecule has 0 fully saturated rings. The quantitative estimate of drug-likeness (QED) is 0.773. The van der Waals surface area contributed by atoms with Gasteiger partial charge in [-0.2, -0.15) is 0 Å². The van der Waals surface area contributed by atoms with Crippen molar-refractivity contribution in [1.29, 1.82) is 0 Å². The lowest BCUT2D eigenvalue weighted by Crippen LogP contribution is -2.13. The fraction of sp³-hybridized carbons (Fsp3) is 0.0714. The second kappa shape index (κ2) is 6.75. The highest BCUT2D eigenvalue weighted by atomic mass is 35.5. The van der Waals surface area contributed by atoms with Gasteiger partial charge in [-0.25, -0.2) is 0 Å². The highest BCUT2D eigenvalue weighted by Gasteiger charge is 2.18. The summed E-state index contributed by atoms with van der Waals surface area (Å²) in [7, 11) is 1.41. The molecule has 2 aromatic rings. The van der Waals surface area contributed by atoms with Crippen LogP contribution in [0, 0.1) is 0 Å². The van der Waals surface area contributed by atoms with Crippen LogP contribution >= 0.6 is 46.4 Å². The van der Waals surface area contributed by atoms with Gasteiger partial charge >= 0.3 is 0 Å². The predicted molar refractivity (Wildman–Crippen MR) is 87.4 cm³/mol. The maximum Gasteiger partial charge on any atom is 0.259 e. The van der Waals surface area contributed by atoms with E-state index in [2.05, 4.69) is 5.32 Å². The molecular weight excluding hydrogens is 356 g/mol. The van der Waals surface area contributed by atoms with E-state index in [0.29, 0.717) is 20.8 Å².